The van der Waals surface area contributed by atoms with Crippen molar-refractivity contribution in [1.82, 2.24) is 0 Å². The molecule has 0 aromatic heterocycles. The third-order valence-electron chi connectivity index (χ3n) is 4.14. The molecule has 0 bridgehead atoms. The number of carbonyl (C=O) groups excluding carboxylic acids is 2. The zero-order valence-corrected chi connectivity index (χ0v) is 17.6. The van der Waals surface area contributed by atoms with E-state index in [9.17, 15) is 9.59 Å². The Labute approximate surface area is 171 Å². The van der Waals surface area contributed by atoms with Gasteiger partial charge in [-0.1, -0.05) is 50.6 Å². The van der Waals surface area contributed by atoms with E-state index in [1.165, 1.54) is 5.56 Å². The molecule has 28 heavy (non-hydrogen) atoms. The summed E-state index contributed by atoms with van der Waals surface area (Å²) in [6.45, 7) is 9.45. The summed E-state index contributed by atoms with van der Waals surface area (Å²) >= 11 is 6.16. The molecule has 0 saturated heterocycles. The van der Waals surface area contributed by atoms with E-state index in [0.29, 0.717) is 16.5 Å². The molecule has 0 aliphatic heterocycles. The van der Waals surface area contributed by atoms with Crippen molar-refractivity contribution in [3.63, 3.8) is 0 Å². The predicted octanol–water partition coefficient (Wildman–Crippen LogP) is 4.82. The van der Waals surface area contributed by atoms with Gasteiger partial charge in [0.2, 0.25) is 0 Å². The van der Waals surface area contributed by atoms with Crippen LogP contribution in [0.3, 0.4) is 0 Å². The minimum Gasteiger partial charge on any atom is -0.482 e. The minimum atomic E-state index is -0.623. The summed E-state index contributed by atoms with van der Waals surface area (Å²) in [5.74, 6) is -0.519. The van der Waals surface area contributed by atoms with Gasteiger partial charge in [-0.15, -0.1) is 0 Å². The van der Waals surface area contributed by atoms with Gasteiger partial charge in [-0.05, 0) is 54.2 Å². The summed E-state index contributed by atoms with van der Waals surface area (Å²) in [4.78, 5) is 23.8. The van der Waals surface area contributed by atoms with Crippen LogP contribution in [-0.4, -0.2) is 25.1 Å². The molecule has 0 atom stereocenters. The molecule has 0 heterocycles. The number of nitrogens with one attached hydrogen (secondary N) is 1. The van der Waals surface area contributed by atoms with Crippen molar-refractivity contribution in [2.24, 2.45) is 0 Å². The molecule has 0 saturated carbocycles. The molecule has 2 aromatic carbocycles. The SMILES string of the molecule is Cc1cc(C)c(NC(=O)COC(=O)COc2ccc(C(C)(C)C)cc2)c(Cl)c1. The molecule has 0 radical (unpaired) electrons. The molecule has 6 heteroatoms. The van der Waals surface area contributed by atoms with E-state index in [-0.39, 0.29) is 12.0 Å². The lowest BCUT2D eigenvalue weighted by molar-refractivity contribution is -0.149. The van der Waals surface area contributed by atoms with Gasteiger partial charge in [0, 0.05) is 0 Å². The number of hydrogen-bond donors (Lipinski definition) is 1. The Kier molecular flexibility index (Phi) is 7.08. The van der Waals surface area contributed by atoms with Crippen molar-refractivity contribution < 1.29 is 19.1 Å². The molecular formula is C22H26ClNO4. The number of benzene rings is 2. The summed E-state index contributed by atoms with van der Waals surface area (Å²) in [6.07, 6.45) is 0. The van der Waals surface area contributed by atoms with Crippen LogP contribution in [0.1, 0.15) is 37.5 Å². The first-order valence-electron chi connectivity index (χ1n) is 9.02. The first kappa shape index (κ1) is 21.8. The molecule has 0 aliphatic rings. The second-order valence-electron chi connectivity index (χ2n) is 7.71. The molecule has 5 nitrogen and oxygen atoms in total. The lowest BCUT2D eigenvalue weighted by atomic mass is 9.87. The Morgan fingerprint density at radius 1 is 1.04 bits per heavy atom. The summed E-state index contributed by atoms with van der Waals surface area (Å²) in [5, 5.41) is 3.11. The van der Waals surface area contributed by atoms with E-state index in [0.717, 1.165) is 11.1 Å². The summed E-state index contributed by atoms with van der Waals surface area (Å²) in [7, 11) is 0. The van der Waals surface area contributed by atoms with E-state index in [4.69, 9.17) is 21.1 Å². The van der Waals surface area contributed by atoms with Crippen LogP contribution in [0, 0.1) is 13.8 Å². The maximum Gasteiger partial charge on any atom is 0.344 e. The topological polar surface area (TPSA) is 64.6 Å². The molecule has 0 unspecified atom stereocenters. The number of hydrogen-bond acceptors (Lipinski definition) is 4. The third-order valence-corrected chi connectivity index (χ3v) is 4.44. The monoisotopic (exact) mass is 403 g/mol. The van der Waals surface area contributed by atoms with Gasteiger partial charge in [0.05, 0.1) is 10.7 Å². The van der Waals surface area contributed by atoms with E-state index in [1.807, 2.05) is 44.2 Å². The summed E-state index contributed by atoms with van der Waals surface area (Å²) in [5.41, 5.74) is 3.57. The molecule has 2 aromatic rings. The molecule has 0 fully saturated rings. The van der Waals surface area contributed by atoms with Gasteiger partial charge >= 0.3 is 5.97 Å². The lowest BCUT2D eigenvalue weighted by Gasteiger charge is -2.19. The van der Waals surface area contributed by atoms with Gasteiger partial charge in [-0.2, -0.15) is 0 Å². The van der Waals surface area contributed by atoms with Crippen LogP contribution in [0.15, 0.2) is 36.4 Å². The third kappa shape index (κ3) is 6.27. The number of ether oxygens (including phenoxy) is 2. The molecule has 0 spiro atoms. The first-order valence-corrected chi connectivity index (χ1v) is 9.39. The predicted molar refractivity (Wildman–Crippen MR) is 111 cm³/mol. The minimum absolute atomic E-state index is 0.0452. The largest absolute Gasteiger partial charge is 0.482 e. The lowest BCUT2D eigenvalue weighted by Crippen LogP contribution is -2.24. The Balaban J connectivity index is 1.80. The fourth-order valence-electron chi connectivity index (χ4n) is 2.63. The van der Waals surface area contributed by atoms with Crippen LogP contribution < -0.4 is 10.1 Å². The van der Waals surface area contributed by atoms with Crippen LogP contribution in [-0.2, 0) is 19.7 Å². The summed E-state index contributed by atoms with van der Waals surface area (Å²) in [6, 6.07) is 11.2. The van der Waals surface area contributed by atoms with Gasteiger partial charge < -0.3 is 14.8 Å². The highest BCUT2D eigenvalue weighted by Crippen LogP contribution is 2.27. The maximum absolute atomic E-state index is 12.0. The second-order valence-corrected chi connectivity index (χ2v) is 8.12. The standard InChI is InChI=1S/C22H26ClNO4/c1-14-10-15(2)21(18(23)11-14)24-19(25)12-28-20(26)13-27-17-8-6-16(7-9-17)22(3,4)5/h6-11H,12-13H2,1-5H3,(H,24,25). The molecule has 2 rings (SSSR count). The Bertz CT molecular complexity index is 831. The molecular weight excluding hydrogens is 378 g/mol. The zero-order chi connectivity index (χ0) is 20.9. The van der Waals surface area contributed by atoms with E-state index >= 15 is 0 Å². The number of halogens is 1. The highest BCUT2D eigenvalue weighted by atomic mass is 35.5. The van der Waals surface area contributed by atoms with Crippen molar-refractivity contribution in [2.75, 3.05) is 18.5 Å². The number of aryl methyl sites for hydroxylation is 2. The molecule has 1 amide bonds. The van der Waals surface area contributed by atoms with Crippen molar-refractivity contribution in [2.45, 2.75) is 40.0 Å². The number of carbonyl (C=O) groups is 2. The van der Waals surface area contributed by atoms with Gasteiger partial charge in [0.15, 0.2) is 13.2 Å². The molecule has 0 aliphatic carbocycles. The van der Waals surface area contributed by atoms with E-state index in [1.54, 1.807) is 6.07 Å². The first-order chi connectivity index (χ1) is 13.1. The van der Waals surface area contributed by atoms with Gasteiger partial charge in [-0.25, -0.2) is 4.79 Å². The van der Waals surface area contributed by atoms with Crippen molar-refractivity contribution in [1.29, 1.82) is 0 Å². The average molecular weight is 404 g/mol. The Morgan fingerprint density at radius 2 is 1.68 bits per heavy atom. The Hall–Kier alpha value is -2.53. The molecule has 1 N–H and O–H groups in total. The highest BCUT2D eigenvalue weighted by molar-refractivity contribution is 6.34. The van der Waals surface area contributed by atoms with Gasteiger partial charge in [0.1, 0.15) is 5.75 Å². The highest BCUT2D eigenvalue weighted by Gasteiger charge is 2.14. The molecule has 150 valence electrons. The second kappa shape index (κ2) is 9.11. The van der Waals surface area contributed by atoms with Crippen molar-refractivity contribution in [3.05, 3.63) is 58.1 Å². The van der Waals surface area contributed by atoms with Crippen LogP contribution >= 0.6 is 11.6 Å². The number of esters is 1. The average Bonchev–Trinajstić information content (AvgIpc) is 2.60. The quantitative estimate of drug-likeness (QED) is 0.702. The maximum atomic E-state index is 12.0. The number of amides is 1. The fraction of sp³-hybridized carbons (Fsp3) is 0.364. The zero-order valence-electron chi connectivity index (χ0n) is 16.9. The van der Waals surface area contributed by atoms with E-state index in [2.05, 4.69) is 26.1 Å². The smallest absolute Gasteiger partial charge is 0.344 e. The van der Waals surface area contributed by atoms with Crippen LogP contribution in [0.2, 0.25) is 5.02 Å². The van der Waals surface area contributed by atoms with Crippen LogP contribution in [0.5, 0.6) is 5.75 Å². The van der Waals surface area contributed by atoms with E-state index < -0.39 is 18.5 Å². The van der Waals surface area contributed by atoms with Crippen molar-refractivity contribution >= 4 is 29.2 Å². The number of anilines is 1. The number of rotatable bonds is 6. The van der Waals surface area contributed by atoms with Gasteiger partial charge in [0.25, 0.3) is 5.91 Å². The van der Waals surface area contributed by atoms with Crippen molar-refractivity contribution in [3.8, 4) is 5.75 Å². The Morgan fingerprint density at radius 3 is 2.25 bits per heavy atom. The fourth-order valence-corrected chi connectivity index (χ4v) is 3.00. The van der Waals surface area contributed by atoms with Crippen LogP contribution in [0.25, 0.3) is 0 Å². The summed E-state index contributed by atoms with van der Waals surface area (Å²) < 4.78 is 10.4. The van der Waals surface area contributed by atoms with Crippen LogP contribution in [0.4, 0.5) is 5.69 Å². The van der Waals surface area contributed by atoms with Gasteiger partial charge in [-0.3, -0.25) is 4.79 Å². The normalized spacial score (nSPS) is 11.1.